The number of methoxy groups -OCH3 is 1. The topological polar surface area (TPSA) is 117 Å². The highest BCUT2D eigenvalue weighted by molar-refractivity contribution is 6.13. The third-order valence-electron chi connectivity index (χ3n) is 6.21. The van der Waals surface area contributed by atoms with E-state index < -0.39 is 17.9 Å². The molecular formula is C22H23FN6O4. The highest BCUT2D eigenvalue weighted by Gasteiger charge is 2.49. The highest BCUT2D eigenvalue weighted by Crippen LogP contribution is 2.45. The largest absolute Gasteiger partial charge is 0.384 e. The monoisotopic (exact) mass is 454 g/mol. The predicted octanol–water partition coefficient (Wildman–Crippen LogP) is 2.31. The number of rotatable bonds is 6. The molecule has 1 amide bonds. The van der Waals surface area contributed by atoms with Gasteiger partial charge in [-0.3, -0.25) is 9.79 Å². The minimum Gasteiger partial charge on any atom is -0.384 e. The second-order valence-corrected chi connectivity index (χ2v) is 8.39. The number of amides is 1. The lowest BCUT2D eigenvalue weighted by molar-refractivity contribution is -0.120. The Morgan fingerprint density at radius 1 is 1.42 bits per heavy atom. The van der Waals surface area contributed by atoms with Crippen molar-refractivity contribution in [3.8, 4) is 6.07 Å². The van der Waals surface area contributed by atoms with Gasteiger partial charge in [0.05, 0.1) is 37.0 Å². The van der Waals surface area contributed by atoms with Crippen molar-refractivity contribution in [2.75, 3.05) is 36.7 Å². The summed E-state index contributed by atoms with van der Waals surface area (Å²) in [6.45, 7) is 3.17. The lowest BCUT2D eigenvalue weighted by atomic mass is 9.98. The van der Waals surface area contributed by atoms with E-state index >= 15 is 0 Å². The van der Waals surface area contributed by atoms with Gasteiger partial charge in [0.1, 0.15) is 23.5 Å². The van der Waals surface area contributed by atoms with Gasteiger partial charge in [-0.05, 0) is 25.0 Å². The van der Waals surface area contributed by atoms with Gasteiger partial charge in [-0.2, -0.15) is 10.2 Å². The van der Waals surface area contributed by atoms with E-state index in [1.807, 2.05) is 13.0 Å². The van der Waals surface area contributed by atoms with Gasteiger partial charge in [0.2, 0.25) is 0 Å². The van der Waals surface area contributed by atoms with E-state index in [2.05, 4.69) is 15.1 Å². The van der Waals surface area contributed by atoms with E-state index in [1.54, 1.807) is 18.1 Å². The molecule has 1 saturated heterocycles. The van der Waals surface area contributed by atoms with Crippen molar-refractivity contribution in [1.82, 2.24) is 10.1 Å². The lowest BCUT2D eigenvalue weighted by Crippen LogP contribution is -2.55. The first-order valence-corrected chi connectivity index (χ1v) is 10.8. The van der Waals surface area contributed by atoms with Crippen LogP contribution in [0.25, 0.3) is 0 Å². The molecule has 11 heteroatoms. The minimum absolute atomic E-state index is 0.0889. The number of carbonyl (C=O) groups is 1. The molecule has 0 bridgehead atoms. The molecule has 33 heavy (non-hydrogen) atoms. The van der Waals surface area contributed by atoms with Gasteiger partial charge < -0.3 is 23.8 Å². The van der Waals surface area contributed by atoms with Gasteiger partial charge in [-0.25, -0.2) is 4.39 Å². The Hall–Kier alpha value is -3.36. The summed E-state index contributed by atoms with van der Waals surface area (Å²) in [4.78, 5) is 25.8. The van der Waals surface area contributed by atoms with Crippen molar-refractivity contribution >= 4 is 23.6 Å². The highest BCUT2D eigenvalue weighted by atomic mass is 19.1. The number of ether oxygens (including phenoxy) is 2. The number of aliphatic imine (C=N–C) groups is 1. The third-order valence-corrected chi connectivity index (χ3v) is 6.21. The molecule has 0 spiro atoms. The predicted molar refractivity (Wildman–Crippen MR) is 115 cm³/mol. The van der Waals surface area contributed by atoms with Gasteiger partial charge in [-0.15, -0.1) is 0 Å². The summed E-state index contributed by atoms with van der Waals surface area (Å²) in [5.74, 6) is -0.412. The van der Waals surface area contributed by atoms with Crippen LogP contribution in [0.4, 0.5) is 15.8 Å². The van der Waals surface area contributed by atoms with E-state index in [-0.39, 0.29) is 41.6 Å². The molecule has 10 nitrogen and oxygen atoms in total. The van der Waals surface area contributed by atoms with E-state index in [0.717, 1.165) is 12.8 Å². The fourth-order valence-corrected chi connectivity index (χ4v) is 4.59. The Kier molecular flexibility index (Phi) is 5.55. The number of nitrogens with zero attached hydrogens (tertiary/aromatic N) is 6. The number of carbonyl (C=O) groups excluding carboxylic acids is 1. The molecular weight excluding hydrogens is 431 g/mol. The Balaban J connectivity index is 1.54. The number of hydrogen-bond donors (Lipinski definition) is 0. The lowest BCUT2D eigenvalue weighted by Gasteiger charge is -2.40. The number of anilines is 2. The van der Waals surface area contributed by atoms with Crippen LogP contribution in [-0.2, 0) is 14.3 Å². The number of nitriles is 1. The summed E-state index contributed by atoms with van der Waals surface area (Å²) in [5, 5.41) is 13.7. The van der Waals surface area contributed by atoms with Crippen molar-refractivity contribution < 1.29 is 23.2 Å². The Morgan fingerprint density at radius 2 is 2.27 bits per heavy atom. The van der Waals surface area contributed by atoms with Crippen LogP contribution in [0, 0.1) is 17.1 Å². The Labute approximate surface area is 189 Å². The second-order valence-electron chi connectivity index (χ2n) is 8.39. The molecule has 3 aliphatic heterocycles. The SMILES string of the molecule is COCC(C)c1noc(C2N=CN3c4ccc(F)c(C#N)c4N(CC4CCCO4)C(=O)C23)n1. The van der Waals surface area contributed by atoms with Crippen molar-refractivity contribution in [2.45, 2.75) is 43.9 Å². The maximum atomic E-state index is 14.5. The number of hydrogen-bond acceptors (Lipinski definition) is 9. The summed E-state index contributed by atoms with van der Waals surface area (Å²) in [5.41, 5.74) is 0.582. The molecule has 1 fully saturated rings. The molecule has 2 aromatic rings. The molecule has 4 heterocycles. The summed E-state index contributed by atoms with van der Waals surface area (Å²) >= 11 is 0. The summed E-state index contributed by atoms with van der Waals surface area (Å²) in [6, 6.07) is 3.18. The van der Waals surface area contributed by atoms with Crippen LogP contribution in [0.1, 0.15) is 49.0 Å². The molecule has 4 unspecified atom stereocenters. The number of benzene rings is 1. The Bertz CT molecular complexity index is 1140. The van der Waals surface area contributed by atoms with Crippen molar-refractivity contribution in [2.24, 2.45) is 4.99 Å². The molecule has 0 saturated carbocycles. The standard InChI is InChI=1S/C22H23FN6O4/c1-12(10-31-2)20-26-21(33-27-20)17-19-22(30)28(9-13-4-3-7-32-13)18-14(8-24)15(23)5-6-16(18)29(19)11-25-17/h5-6,11-13,17,19H,3-4,7,9-10H2,1-2H3. The van der Waals surface area contributed by atoms with E-state index in [1.165, 1.54) is 17.3 Å². The molecule has 0 aliphatic carbocycles. The van der Waals surface area contributed by atoms with Gasteiger partial charge in [-0.1, -0.05) is 12.1 Å². The average molecular weight is 454 g/mol. The molecule has 1 aromatic heterocycles. The zero-order valence-corrected chi connectivity index (χ0v) is 18.3. The van der Waals surface area contributed by atoms with Crippen LogP contribution < -0.4 is 9.80 Å². The number of halogens is 1. The first kappa shape index (κ1) is 21.5. The van der Waals surface area contributed by atoms with Gasteiger partial charge in [0, 0.05) is 19.6 Å². The summed E-state index contributed by atoms with van der Waals surface area (Å²) in [7, 11) is 1.59. The fraction of sp³-hybridized carbons (Fsp3) is 0.500. The van der Waals surface area contributed by atoms with Crippen LogP contribution in [0.3, 0.4) is 0 Å². The second kappa shape index (κ2) is 8.53. The third kappa shape index (κ3) is 3.55. The van der Waals surface area contributed by atoms with Gasteiger partial charge in [0.15, 0.2) is 11.9 Å². The molecule has 5 rings (SSSR count). The zero-order valence-electron chi connectivity index (χ0n) is 18.3. The van der Waals surface area contributed by atoms with Gasteiger partial charge >= 0.3 is 0 Å². The van der Waals surface area contributed by atoms with E-state index in [9.17, 15) is 14.4 Å². The van der Waals surface area contributed by atoms with Crippen LogP contribution in [0.2, 0.25) is 0 Å². The van der Waals surface area contributed by atoms with Crippen LogP contribution in [0.5, 0.6) is 0 Å². The molecule has 172 valence electrons. The van der Waals surface area contributed by atoms with Crippen molar-refractivity contribution in [3.63, 3.8) is 0 Å². The van der Waals surface area contributed by atoms with Crippen molar-refractivity contribution in [3.05, 3.63) is 35.2 Å². The molecule has 1 aromatic carbocycles. The van der Waals surface area contributed by atoms with Crippen LogP contribution in [0.15, 0.2) is 21.6 Å². The summed E-state index contributed by atoms with van der Waals surface area (Å²) in [6.07, 6.45) is 3.00. The molecule has 4 atom stereocenters. The number of fused-ring (bicyclic) bond motifs is 3. The quantitative estimate of drug-likeness (QED) is 0.653. The van der Waals surface area contributed by atoms with Crippen molar-refractivity contribution in [1.29, 1.82) is 5.26 Å². The van der Waals surface area contributed by atoms with Crippen LogP contribution in [-0.4, -0.2) is 61.4 Å². The first-order valence-electron chi connectivity index (χ1n) is 10.8. The van der Waals surface area contributed by atoms with Gasteiger partial charge in [0.25, 0.3) is 11.8 Å². The van der Waals surface area contributed by atoms with E-state index in [0.29, 0.717) is 24.7 Å². The smallest absolute Gasteiger partial charge is 0.254 e. The number of aromatic nitrogens is 2. The molecule has 0 N–H and O–H groups in total. The first-order chi connectivity index (χ1) is 16.0. The maximum Gasteiger partial charge on any atom is 0.254 e. The maximum absolute atomic E-state index is 14.5. The minimum atomic E-state index is -0.790. The zero-order chi connectivity index (χ0) is 23.1. The Morgan fingerprint density at radius 3 is 3.00 bits per heavy atom. The molecule has 0 radical (unpaired) electrons. The van der Waals surface area contributed by atoms with Crippen LogP contribution >= 0.6 is 0 Å². The van der Waals surface area contributed by atoms with E-state index in [4.69, 9.17) is 14.0 Å². The average Bonchev–Trinajstić information content (AvgIpc) is 3.57. The molecule has 3 aliphatic rings. The summed E-state index contributed by atoms with van der Waals surface area (Å²) < 4.78 is 30.9. The fourth-order valence-electron chi connectivity index (χ4n) is 4.59. The normalized spacial score (nSPS) is 24.7.